The molecule has 2 N–H and O–H groups in total. The van der Waals surface area contributed by atoms with Crippen molar-refractivity contribution in [1.29, 1.82) is 0 Å². The third kappa shape index (κ3) is 2.43. The van der Waals surface area contributed by atoms with Crippen LogP contribution in [0, 0.1) is 13.8 Å². The van der Waals surface area contributed by atoms with Crippen LogP contribution in [0.1, 0.15) is 24.2 Å². The Balaban J connectivity index is 2.26. The van der Waals surface area contributed by atoms with E-state index in [1.165, 1.54) is 0 Å². The third-order valence-electron chi connectivity index (χ3n) is 3.12. The largest absolute Gasteiger partial charge is 0.479 e. The van der Waals surface area contributed by atoms with E-state index in [0.29, 0.717) is 18.9 Å². The molecule has 2 rings (SSSR count). The number of aryl methyl sites for hydroxylation is 2. The lowest BCUT2D eigenvalue weighted by Crippen LogP contribution is -2.53. The molecule has 1 unspecified atom stereocenters. The molecule has 0 spiro atoms. The van der Waals surface area contributed by atoms with Crippen molar-refractivity contribution in [2.75, 3.05) is 18.0 Å². The number of carboxylic acid groups (broad SMARTS) is 1. The van der Waals surface area contributed by atoms with E-state index in [4.69, 9.17) is 5.11 Å². The first-order valence-electron chi connectivity index (χ1n) is 5.94. The van der Waals surface area contributed by atoms with Crippen LogP contribution in [0.4, 0.5) is 5.95 Å². The SMILES string of the molecule is Cc1cc(C)nc(N2CCCC(O)(C(=O)O)C2)n1. The molecule has 1 aliphatic heterocycles. The zero-order valence-electron chi connectivity index (χ0n) is 10.6. The quantitative estimate of drug-likeness (QED) is 0.796. The minimum atomic E-state index is -1.70. The standard InChI is InChI=1S/C12H17N3O3/c1-8-6-9(2)14-11(13-8)15-5-3-4-12(18,7-15)10(16)17/h6,18H,3-5,7H2,1-2H3,(H,16,17). The highest BCUT2D eigenvalue weighted by Crippen LogP contribution is 2.24. The van der Waals surface area contributed by atoms with Gasteiger partial charge in [0.2, 0.25) is 5.95 Å². The van der Waals surface area contributed by atoms with Crippen molar-refractivity contribution >= 4 is 11.9 Å². The first kappa shape index (κ1) is 12.8. The van der Waals surface area contributed by atoms with Crippen LogP contribution in [0.2, 0.25) is 0 Å². The second kappa shape index (κ2) is 4.53. The highest BCUT2D eigenvalue weighted by molar-refractivity contribution is 5.78. The van der Waals surface area contributed by atoms with Crippen molar-refractivity contribution in [3.63, 3.8) is 0 Å². The predicted octanol–water partition coefficient (Wildman–Crippen LogP) is 0.509. The van der Waals surface area contributed by atoms with Gasteiger partial charge in [-0.2, -0.15) is 0 Å². The van der Waals surface area contributed by atoms with Crippen LogP contribution in [-0.2, 0) is 4.79 Å². The Hall–Kier alpha value is -1.69. The summed E-state index contributed by atoms with van der Waals surface area (Å²) in [5, 5.41) is 19.1. The van der Waals surface area contributed by atoms with E-state index in [2.05, 4.69) is 9.97 Å². The minimum Gasteiger partial charge on any atom is -0.479 e. The van der Waals surface area contributed by atoms with Crippen molar-refractivity contribution in [1.82, 2.24) is 9.97 Å². The van der Waals surface area contributed by atoms with Gasteiger partial charge in [-0.3, -0.25) is 0 Å². The number of aliphatic hydroxyl groups is 1. The fourth-order valence-electron chi connectivity index (χ4n) is 2.23. The van der Waals surface area contributed by atoms with Gasteiger partial charge in [0.05, 0.1) is 6.54 Å². The van der Waals surface area contributed by atoms with E-state index in [9.17, 15) is 9.90 Å². The number of anilines is 1. The molecule has 0 aliphatic carbocycles. The average molecular weight is 251 g/mol. The van der Waals surface area contributed by atoms with Crippen molar-refractivity contribution in [2.24, 2.45) is 0 Å². The number of piperidine rings is 1. The first-order valence-corrected chi connectivity index (χ1v) is 5.94. The van der Waals surface area contributed by atoms with Crippen molar-refractivity contribution in [2.45, 2.75) is 32.3 Å². The fraction of sp³-hybridized carbons (Fsp3) is 0.583. The zero-order valence-corrected chi connectivity index (χ0v) is 10.6. The van der Waals surface area contributed by atoms with Crippen LogP contribution in [0.5, 0.6) is 0 Å². The number of β-amino-alcohol motifs (C(OH)–C–C–N with tert-alkyl or cyclic N) is 1. The Bertz CT molecular complexity index is 457. The van der Waals surface area contributed by atoms with Gasteiger partial charge < -0.3 is 15.1 Å². The van der Waals surface area contributed by atoms with Crippen LogP contribution < -0.4 is 4.90 Å². The first-order chi connectivity index (χ1) is 8.40. The van der Waals surface area contributed by atoms with Crippen LogP contribution in [0.15, 0.2) is 6.07 Å². The highest BCUT2D eigenvalue weighted by atomic mass is 16.4. The van der Waals surface area contributed by atoms with Crippen LogP contribution in [-0.4, -0.2) is 44.8 Å². The third-order valence-corrected chi connectivity index (χ3v) is 3.12. The Morgan fingerprint density at radius 1 is 1.39 bits per heavy atom. The topological polar surface area (TPSA) is 86.5 Å². The van der Waals surface area contributed by atoms with Gasteiger partial charge in [-0.05, 0) is 32.8 Å². The van der Waals surface area contributed by atoms with Gasteiger partial charge in [-0.15, -0.1) is 0 Å². The summed E-state index contributed by atoms with van der Waals surface area (Å²) in [5.41, 5.74) is -0.0249. The summed E-state index contributed by atoms with van der Waals surface area (Å²) in [7, 11) is 0. The number of nitrogens with zero attached hydrogens (tertiary/aromatic N) is 3. The maximum Gasteiger partial charge on any atom is 0.337 e. The van der Waals surface area contributed by atoms with E-state index >= 15 is 0 Å². The molecule has 0 saturated carbocycles. The predicted molar refractivity (Wildman–Crippen MR) is 65.5 cm³/mol. The van der Waals surface area contributed by atoms with Crippen molar-refractivity contribution in [3.05, 3.63) is 17.5 Å². The molecular formula is C12H17N3O3. The number of hydrogen-bond acceptors (Lipinski definition) is 5. The highest BCUT2D eigenvalue weighted by Gasteiger charge is 2.41. The monoisotopic (exact) mass is 251 g/mol. The second-order valence-corrected chi connectivity index (χ2v) is 4.81. The molecule has 2 heterocycles. The fourth-order valence-corrected chi connectivity index (χ4v) is 2.23. The van der Waals surface area contributed by atoms with Crippen molar-refractivity contribution < 1.29 is 15.0 Å². The molecule has 98 valence electrons. The smallest absolute Gasteiger partial charge is 0.337 e. The summed E-state index contributed by atoms with van der Waals surface area (Å²) in [6.45, 7) is 4.43. The van der Waals surface area contributed by atoms with Crippen LogP contribution in [0.3, 0.4) is 0 Å². The van der Waals surface area contributed by atoms with Crippen LogP contribution in [0.25, 0.3) is 0 Å². The van der Waals surface area contributed by atoms with Gasteiger partial charge in [0.15, 0.2) is 5.60 Å². The molecule has 0 aromatic carbocycles. The number of carboxylic acids is 1. The molecule has 0 bridgehead atoms. The van der Waals surface area contributed by atoms with Gasteiger partial charge in [-0.1, -0.05) is 0 Å². The molecule has 1 fully saturated rings. The molecule has 1 aliphatic rings. The van der Waals surface area contributed by atoms with Gasteiger partial charge in [0.1, 0.15) is 0 Å². The summed E-state index contributed by atoms with van der Waals surface area (Å²) < 4.78 is 0. The number of aromatic nitrogens is 2. The summed E-state index contributed by atoms with van der Waals surface area (Å²) >= 11 is 0. The molecule has 1 aromatic rings. The Labute approximate surface area is 105 Å². The Morgan fingerprint density at radius 3 is 2.56 bits per heavy atom. The number of hydrogen-bond donors (Lipinski definition) is 2. The second-order valence-electron chi connectivity index (χ2n) is 4.81. The lowest BCUT2D eigenvalue weighted by atomic mass is 9.93. The zero-order chi connectivity index (χ0) is 13.3. The molecule has 0 radical (unpaired) electrons. The molecule has 1 aromatic heterocycles. The van der Waals surface area contributed by atoms with Gasteiger partial charge in [-0.25, -0.2) is 14.8 Å². The summed E-state index contributed by atoms with van der Waals surface area (Å²) in [4.78, 5) is 21.4. The molecule has 6 nitrogen and oxygen atoms in total. The number of aliphatic carboxylic acids is 1. The maximum atomic E-state index is 11.1. The average Bonchev–Trinajstić information content (AvgIpc) is 2.27. The van der Waals surface area contributed by atoms with E-state index in [1.807, 2.05) is 19.9 Å². The molecule has 1 saturated heterocycles. The maximum absolute atomic E-state index is 11.1. The lowest BCUT2D eigenvalue weighted by Gasteiger charge is -2.36. The van der Waals surface area contributed by atoms with Gasteiger partial charge >= 0.3 is 5.97 Å². The molecule has 18 heavy (non-hydrogen) atoms. The molecular weight excluding hydrogens is 234 g/mol. The van der Waals surface area contributed by atoms with E-state index in [-0.39, 0.29) is 13.0 Å². The van der Waals surface area contributed by atoms with Crippen molar-refractivity contribution in [3.8, 4) is 0 Å². The van der Waals surface area contributed by atoms with E-state index < -0.39 is 11.6 Å². The number of carbonyl (C=O) groups is 1. The summed E-state index contributed by atoms with van der Waals surface area (Å²) in [5.74, 6) is -0.691. The molecule has 6 heteroatoms. The van der Waals surface area contributed by atoms with Gasteiger partial charge in [0, 0.05) is 17.9 Å². The minimum absolute atomic E-state index is 0.0330. The summed E-state index contributed by atoms with van der Waals surface area (Å²) in [6.07, 6.45) is 0.878. The van der Waals surface area contributed by atoms with E-state index in [0.717, 1.165) is 11.4 Å². The normalized spacial score (nSPS) is 24.1. The van der Waals surface area contributed by atoms with Gasteiger partial charge in [0.25, 0.3) is 0 Å². The van der Waals surface area contributed by atoms with E-state index in [1.54, 1.807) is 4.90 Å². The Morgan fingerprint density at radius 2 is 2.00 bits per heavy atom. The van der Waals surface area contributed by atoms with Crippen LogP contribution >= 0.6 is 0 Å². The molecule has 0 amide bonds. The molecule has 1 atom stereocenters. The Kier molecular flexibility index (Phi) is 3.21. The summed E-state index contributed by atoms with van der Waals surface area (Å²) in [6, 6.07) is 1.86. The number of rotatable bonds is 2. The lowest BCUT2D eigenvalue weighted by molar-refractivity contribution is -0.159.